The molecule has 3 nitrogen and oxygen atoms in total. The standard InChI is InChI=1S/C13H10O3/c1-2-7-16-9-3-4-10-11(8-9)13(15)6-5-12(10)14/h2-6,8H,1,7H2. The number of hydrogen-bond donors (Lipinski definition) is 0. The van der Waals surface area contributed by atoms with Crippen LogP contribution in [0.5, 0.6) is 5.75 Å². The van der Waals surface area contributed by atoms with Crippen molar-refractivity contribution in [2.75, 3.05) is 6.61 Å². The topological polar surface area (TPSA) is 43.4 Å². The summed E-state index contributed by atoms with van der Waals surface area (Å²) in [5.74, 6) is 0.249. The Labute approximate surface area is 93.0 Å². The molecule has 0 saturated heterocycles. The van der Waals surface area contributed by atoms with Crippen molar-refractivity contribution in [3.63, 3.8) is 0 Å². The molecule has 1 aromatic carbocycles. The molecule has 0 amide bonds. The highest BCUT2D eigenvalue weighted by molar-refractivity contribution is 6.22. The molecular weight excluding hydrogens is 204 g/mol. The minimum atomic E-state index is -0.168. The molecule has 0 radical (unpaired) electrons. The van der Waals surface area contributed by atoms with Gasteiger partial charge in [-0.25, -0.2) is 0 Å². The second-order valence-electron chi connectivity index (χ2n) is 3.37. The summed E-state index contributed by atoms with van der Waals surface area (Å²) >= 11 is 0. The number of carbonyl (C=O) groups is 2. The Kier molecular flexibility index (Phi) is 2.68. The van der Waals surface area contributed by atoms with Gasteiger partial charge in [-0.05, 0) is 30.4 Å². The van der Waals surface area contributed by atoms with Gasteiger partial charge in [0.05, 0.1) is 0 Å². The van der Waals surface area contributed by atoms with Gasteiger partial charge in [0.2, 0.25) is 0 Å². The van der Waals surface area contributed by atoms with Gasteiger partial charge in [-0.1, -0.05) is 12.7 Å². The summed E-state index contributed by atoms with van der Waals surface area (Å²) in [5, 5.41) is 0. The summed E-state index contributed by atoms with van der Waals surface area (Å²) in [6, 6.07) is 4.87. The summed E-state index contributed by atoms with van der Waals surface area (Å²) in [4.78, 5) is 23.0. The van der Waals surface area contributed by atoms with Gasteiger partial charge in [0.25, 0.3) is 0 Å². The Morgan fingerprint density at radius 1 is 1.12 bits per heavy atom. The molecule has 80 valence electrons. The fraction of sp³-hybridized carbons (Fsp3) is 0.0769. The third kappa shape index (κ3) is 1.80. The van der Waals surface area contributed by atoms with E-state index in [2.05, 4.69) is 6.58 Å². The summed E-state index contributed by atoms with van der Waals surface area (Å²) < 4.78 is 5.30. The van der Waals surface area contributed by atoms with E-state index in [1.807, 2.05) is 0 Å². The van der Waals surface area contributed by atoms with Crippen molar-refractivity contribution in [2.45, 2.75) is 0 Å². The van der Waals surface area contributed by atoms with Crippen molar-refractivity contribution in [1.82, 2.24) is 0 Å². The lowest BCUT2D eigenvalue weighted by Gasteiger charge is -2.10. The van der Waals surface area contributed by atoms with Gasteiger partial charge in [-0.2, -0.15) is 0 Å². The zero-order valence-electron chi connectivity index (χ0n) is 8.60. The molecule has 1 aliphatic carbocycles. The molecule has 0 heterocycles. The fourth-order valence-corrected chi connectivity index (χ4v) is 1.52. The lowest BCUT2D eigenvalue weighted by molar-refractivity contribution is 0.0994. The predicted octanol–water partition coefficient (Wildman–Crippen LogP) is 2.19. The molecule has 16 heavy (non-hydrogen) atoms. The second-order valence-corrected chi connectivity index (χ2v) is 3.37. The van der Waals surface area contributed by atoms with Gasteiger partial charge >= 0.3 is 0 Å². The van der Waals surface area contributed by atoms with Crippen molar-refractivity contribution in [3.05, 3.63) is 54.1 Å². The Morgan fingerprint density at radius 3 is 2.50 bits per heavy atom. The lowest BCUT2D eigenvalue weighted by Crippen LogP contribution is -2.11. The maximum atomic E-state index is 11.5. The van der Waals surface area contributed by atoms with E-state index >= 15 is 0 Å². The number of benzene rings is 1. The minimum absolute atomic E-state index is 0.148. The molecule has 1 aliphatic rings. The highest BCUT2D eigenvalue weighted by atomic mass is 16.5. The number of hydrogen-bond acceptors (Lipinski definition) is 3. The molecule has 0 saturated carbocycles. The Hall–Kier alpha value is -2.16. The molecule has 2 rings (SSSR count). The van der Waals surface area contributed by atoms with Crippen LogP contribution in [-0.4, -0.2) is 18.2 Å². The van der Waals surface area contributed by atoms with Crippen LogP contribution in [-0.2, 0) is 0 Å². The SMILES string of the molecule is C=CCOc1ccc2c(c1)C(=O)C=CC2=O. The van der Waals surface area contributed by atoms with Crippen LogP contribution in [0.2, 0.25) is 0 Å². The molecule has 0 fully saturated rings. The van der Waals surface area contributed by atoms with Crippen LogP contribution in [0.1, 0.15) is 20.7 Å². The van der Waals surface area contributed by atoms with E-state index in [0.717, 1.165) is 0 Å². The maximum absolute atomic E-state index is 11.5. The van der Waals surface area contributed by atoms with Crippen molar-refractivity contribution < 1.29 is 14.3 Å². The monoisotopic (exact) mass is 214 g/mol. The van der Waals surface area contributed by atoms with E-state index in [-0.39, 0.29) is 11.6 Å². The van der Waals surface area contributed by atoms with Gasteiger partial charge in [0.1, 0.15) is 12.4 Å². The molecule has 0 bridgehead atoms. The van der Waals surface area contributed by atoms with Crippen LogP contribution >= 0.6 is 0 Å². The summed E-state index contributed by atoms with van der Waals surface area (Å²) in [6.45, 7) is 3.90. The molecule has 0 atom stereocenters. The maximum Gasteiger partial charge on any atom is 0.186 e. The predicted molar refractivity (Wildman–Crippen MR) is 59.9 cm³/mol. The van der Waals surface area contributed by atoms with Crippen LogP contribution in [0.15, 0.2) is 43.0 Å². The van der Waals surface area contributed by atoms with Crippen LogP contribution in [0.25, 0.3) is 0 Å². The molecule has 0 aliphatic heterocycles. The first-order valence-electron chi connectivity index (χ1n) is 4.87. The van der Waals surface area contributed by atoms with Gasteiger partial charge in [-0.3, -0.25) is 9.59 Å². The average molecular weight is 214 g/mol. The zero-order chi connectivity index (χ0) is 11.5. The zero-order valence-corrected chi connectivity index (χ0v) is 8.60. The van der Waals surface area contributed by atoms with Crippen molar-refractivity contribution in [3.8, 4) is 5.75 Å². The second kappa shape index (κ2) is 4.14. The van der Waals surface area contributed by atoms with Gasteiger partial charge in [0.15, 0.2) is 11.6 Å². The molecule has 0 aromatic heterocycles. The number of carbonyl (C=O) groups excluding carboxylic acids is 2. The number of fused-ring (bicyclic) bond motifs is 1. The van der Waals surface area contributed by atoms with E-state index in [4.69, 9.17) is 4.74 Å². The van der Waals surface area contributed by atoms with E-state index in [1.54, 1.807) is 24.3 Å². The van der Waals surface area contributed by atoms with Crippen molar-refractivity contribution in [1.29, 1.82) is 0 Å². The van der Waals surface area contributed by atoms with Crippen LogP contribution < -0.4 is 4.74 Å². The molecule has 0 N–H and O–H groups in total. The molecule has 3 heteroatoms. The minimum Gasteiger partial charge on any atom is -0.490 e. The fourth-order valence-electron chi connectivity index (χ4n) is 1.52. The molecule has 0 unspecified atom stereocenters. The van der Waals surface area contributed by atoms with Crippen LogP contribution in [0, 0.1) is 0 Å². The number of ether oxygens (including phenoxy) is 1. The Balaban J connectivity index is 2.39. The first kappa shape index (κ1) is 10.4. The number of rotatable bonds is 3. The van der Waals surface area contributed by atoms with Crippen molar-refractivity contribution >= 4 is 11.6 Å². The van der Waals surface area contributed by atoms with E-state index < -0.39 is 0 Å². The van der Waals surface area contributed by atoms with Crippen LogP contribution in [0.3, 0.4) is 0 Å². The Bertz CT molecular complexity index is 498. The molecule has 0 spiro atoms. The highest BCUT2D eigenvalue weighted by Crippen LogP contribution is 2.22. The first-order valence-corrected chi connectivity index (χ1v) is 4.87. The molecule has 1 aromatic rings. The summed E-state index contributed by atoms with van der Waals surface area (Å²) in [5.41, 5.74) is 0.826. The first-order chi connectivity index (χ1) is 7.72. The number of allylic oxidation sites excluding steroid dienone is 2. The van der Waals surface area contributed by atoms with Gasteiger partial charge in [-0.15, -0.1) is 0 Å². The quantitative estimate of drug-likeness (QED) is 0.724. The van der Waals surface area contributed by atoms with Crippen LogP contribution in [0.4, 0.5) is 0 Å². The summed E-state index contributed by atoms with van der Waals surface area (Å²) in [6.07, 6.45) is 4.18. The smallest absolute Gasteiger partial charge is 0.186 e. The number of ketones is 2. The third-order valence-electron chi connectivity index (χ3n) is 2.28. The highest BCUT2D eigenvalue weighted by Gasteiger charge is 2.19. The van der Waals surface area contributed by atoms with E-state index in [0.29, 0.717) is 23.5 Å². The van der Waals surface area contributed by atoms with E-state index in [1.165, 1.54) is 12.2 Å². The van der Waals surface area contributed by atoms with Crippen molar-refractivity contribution in [2.24, 2.45) is 0 Å². The summed E-state index contributed by atoms with van der Waals surface area (Å²) in [7, 11) is 0. The Morgan fingerprint density at radius 2 is 1.81 bits per heavy atom. The average Bonchev–Trinajstić information content (AvgIpc) is 2.31. The largest absolute Gasteiger partial charge is 0.490 e. The van der Waals surface area contributed by atoms with Gasteiger partial charge < -0.3 is 4.74 Å². The van der Waals surface area contributed by atoms with E-state index in [9.17, 15) is 9.59 Å². The lowest BCUT2D eigenvalue weighted by atomic mass is 9.95. The third-order valence-corrected chi connectivity index (χ3v) is 2.28. The van der Waals surface area contributed by atoms with Gasteiger partial charge in [0, 0.05) is 11.1 Å². The molecular formula is C13H10O3. The normalized spacial score (nSPS) is 13.5.